The summed E-state index contributed by atoms with van der Waals surface area (Å²) in [5.74, 6) is 2.99. The summed E-state index contributed by atoms with van der Waals surface area (Å²) in [5.41, 5.74) is -0.343. The molecule has 2 aromatic rings. The van der Waals surface area contributed by atoms with Gasteiger partial charge in [0.05, 0.1) is 0 Å². The number of rotatable bonds is 3. The van der Waals surface area contributed by atoms with E-state index in [-0.39, 0.29) is 11.3 Å². The lowest BCUT2D eigenvalue weighted by atomic mass is 9.94. The fourth-order valence-electron chi connectivity index (χ4n) is 2.96. The van der Waals surface area contributed by atoms with Crippen molar-refractivity contribution in [1.29, 1.82) is 0 Å². The molecule has 3 rings (SSSR count). The molecule has 6 nitrogen and oxygen atoms in total. The molecule has 1 fully saturated rings. The molecular formula is C20H26N4O2. The smallest absolute Gasteiger partial charge is 0.228 e. The van der Waals surface area contributed by atoms with Crippen molar-refractivity contribution >= 4 is 11.7 Å². The van der Waals surface area contributed by atoms with Crippen LogP contribution in [-0.4, -0.2) is 47.0 Å². The van der Waals surface area contributed by atoms with E-state index in [1.807, 2.05) is 69.0 Å². The summed E-state index contributed by atoms with van der Waals surface area (Å²) in [5, 5.41) is 0. The summed E-state index contributed by atoms with van der Waals surface area (Å²) in [6, 6.07) is 11.5. The maximum absolute atomic E-state index is 12.4. The Morgan fingerprint density at radius 3 is 2.31 bits per heavy atom. The topological polar surface area (TPSA) is 58.6 Å². The normalized spacial score (nSPS) is 15.1. The lowest BCUT2D eigenvalue weighted by Crippen LogP contribution is -2.51. The van der Waals surface area contributed by atoms with E-state index in [1.54, 1.807) is 0 Å². The number of hydrogen-bond acceptors (Lipinski definition) is 5. The number of para-hydroxylation sites is 1. The number of benzene rings is 1. The third kappa shape index (κ3) is 4.31. The Morgan fingerprint density at radius 1 is 1.04 bits per heavy atom. The quantitative estimate of drug-likeness (QED) is 0.847. The number of anilines is 1. The second-order valence-electron chi connectivity index (χ2n) is 7.56. The van der Waals surface area contributed by atoms with Gasteiger partial charge in [-0.2, -0.15) is 4.98 Å². The number of carbonyl (C=O) groups is 1. The Hall–Kier alpha value is -2.63. The Bertz CT molecular complexity index is 763. The summed E-state index contributed by atoms with van der Waals surface area (Å²) in [6.45, 7) is 10.7. The first-order chi connectivity index (χ1) is 12.3. The summed E-state index contributed by atoms with van der Waals surface area (Å²) < 4.78 is 5.85. The van der Waals surface area contributed by atoms with Gasteiger partial charge >= 0.3 is 0 Å². The van der Waals surface area contributed by atoms with Crippen LogP contribution in [0.4, 0.5) is 5.82 Å². The van der Waals surface area contributed by atoms with Gasteiger partial charge in [0, 0.05) is 37.7 Å². The van der Waals surface area contributed by atoms with Crippen LogP contribution in [0.2, 0.25) is 0 Å². The van der Waals surface area contributed by atoms with Crippen molar-refractivity contribution in [2.45, 2.75) is 27.7 Å². The molecule has 0 unspecified atom stereocenters. The summed E-state index contributed by atoms with van der Waals surface area (Å²) in [6.07, 6.45) is 0. The van der Waals surface area contributed by atoms with Crippen LogP contribution in [0.3, 0.4) is 0 Å². The molecule has 0 radical (unpaired) electrons. The third-order valence-corrected chi connectivity index (χ3v) is 4.30. The SMILES string of the molecule is Cc1nc(Oc2ccccc2)cc(N2CCN(C(=O)C(C)(C)C)CC2)n1. The molecule has 1 aromatic carbocycles. The van der Waals surface area contributed by atoms with Crippen molar-refractivity contribution < 1.29 is 9.53 Å². The number of nitrogens with zero attached hydrogens (tertiary/aromatic N) is 4. The Morgan fingerprint density at radius 2 is 1.69 bits per heavy atom. The third-order valence-electron chi connectivity index (χ3n) is 4.30. The van der Waals surface area contributed by atoms with Crippen molar-refractivity contribution in [2.75, 3.05) is 31.1 Å². The van der Waals surface area contributed by atoms with Crippen molar-refractivity contribution in [1.82, 2.24) is 14.9 Å². The fraction of sp³-hybridized carbons (Fsp3) is 0.450. The fourth-order valence-corrected chi connectivity index (χ4v) is 2.96. The first-order valence-corrected chi connectivity index (χ1v) is 8.96. The van der Waals surface area contributed by atoms with Gasteiger partial charge in [-0.15, -0.1) is 0 Å². The zero-order valence-electron chi connectivity index (χ0n) is 15.9. The van der Waals surface area contributed by atoms with Crippen LogP contribution in [-0.2, 0) is 4.79 Å². The van der Waals surface area contributed by atoms with Crippen LogP contribution >= 0.6 is 0 Å². The minimum absolute atomic E-state index is 0.198. The van der Waals surface area contributed by atoms with E-state index >= 15 is 0 Å². The minimum Gasteiger partial charge on any atom is -0.439 e. The molecule has 0 bridgehead atoms. The van der Waals surface area contributed by atoms with E-state index in [1.165, 1.54) is 0 Å². The van der Waals surface area contributed by atoms with E-state index in [0.29, 0.717) is 24.8 Å². The van der Waals surface area contributed by atoms with Crippen molar-refractivity contribution in [3.63, 3.8) is 0 Å². The predicted molar refractivity (Wildman–Crippen MR) is 102 cm³/mol. The predicted octanol–water partition coefficient (Wildman–Crippen LogP) is 3.27. The molecule has 0 saturated carbocycles. The van der Waals surface area contributed by atoms with E-state index in [0.717, 1.165) is 24.7 Å². The standard InChI is InChI=1S/C20H26N4O2/c1-15-21-17(14-18(22-15)26-16-8-6-5-7-9-16)23-10-12-24(13-11-23)19(25)20(2,3)4/h5-9,14H,10-13H2,1-4H3. The Labute approximate surface area is 154 Å². The zero-order valence-corrected chi connectivity index (χ0v) is 15.9. The molecule has 1 aliphatic rings. The van der Waals surface area contributed by atoms with Crippen LogP contribution < -0.4 is 9.64 Å². The maximum atomic E-state index is 12.4. The molecule has 138 valence electrons. The lowest BCUT2D eigenvalue weighted by molar-refractivity contribution is -0.139. The van der Waals surface area contributed by atoms with Gasteiger partial charge in [-0.05, 0) is 19.1 Å². The molecule has 0 spiro atoms. The average molecular weight is 354 g/mol. The van der Waals surface area contributed by atoms with Crippen LogP contribution in [0.25, 0.3) is 0 Å². The molecule has 1 aliphatic heterocycles. The summed E-state index contributed by atoms with van der Waals surface area (Å²) in [4.78, 5) is 25.5. The van der Waals surface area contributed by atoms with Gasteiger partial charge in [0.2, 0.25) is 11.8 Å². The highest BCUT2D eigenvalue weighted by Gasteiger charge is 2.30. The minimum atomic E-state index is -0.343. The molecule has 1 aromatic heterocycles. The molecule has 26 heavy (non-hydrogen) atoms. The highest BCUT2D eigenvalue weighted by Crippen LogP contribution is 2.25. The summed E-state index contributed by atoms with van der Waals surface area (Å²) in [7, 11) is 0. The van der Waals surface area contributed by atoms with E-state index < -0.39 is 0 Å². The highest BCUT2D eigenvalue weighted by atomic mass is 16.5. The molecular weight excluding hydrogens is 328 g/mol. The number of carbonyl (C=O) groups excluding carboxylic acids is 1. The van der Waals surface area contributed by atoms with Gasteiger partial charge in [0.1, 0.15) is 17.4 Å². The first-order valence-electron chi connectivity index (χ1n) is 8.96. The summed E-state index contributed by atoms with van der Waals surface area (Å²) >= 11 is 0. The Balaban J connectivity index is 1.70. The van der Waals surface area contributed by atoms with Crippen LogP contribution in [0, 0.1) is 12.3 Å². The van der Waals surface area contributed by atoms with Gasteiger partial charge in [-0.3, -0.25) is 4.79 Å². The number of hydrogen-bond donors (Lipinski definition) is 0. The molecule has 1 amide bonds. The van der Waals surface area contributed by atoms with E-state index in [4.69, 9.17) is 4.74 Å². The number of piperazine rings is 1. The maximum Gasteiger partial charge on any atom is 0.228 e. The lowest BCUT2D eigenvalue weighted by Gasteiger charge is -2.38. The zero-order chi connectivity index (χ0) is 18.7. The molecule has 0 aliphatic carbocycles. The number of amides is 1. The van der Waals surface area contributed by atoms with Gasteiger partial charge in [-0.25, -0.2) is 4.98 Å². The van der Waals surface area contributed by atoms with Crippen LogP contribution in [0.5, 0.6) is 11.6 Å². The largest absolute Gasteiger partial charge is 0.439 e. The Kier molecular flexibility index (Phi) is 5.11. The van der Waals surface area contributed by atoms with Gasteiger partial charge in [0.15, 0.2) is 0 Å². The van der Waals surface area contributed by atoms with Crippen molar-refractivity contribution in [3.05, 3.63) is 42.2 Å². The monoisotopic (exact) mass is 354 g/mol. The van der Waals surface area contributed by atoms with Gasteiger partial charge in [0.25, 0.3) is 0 Å². The average Bonchev–Trinajstić information content (AvgIpc) is 2.61. The van der Waals surface area contributed by atoms with E-state index in [9.17, 15) is 4.79 Å². The van der Waals surface area contributed by atoms with Crippen molar-refractivity contribution in [3.8, 4) is 11.6 Å². The molecule has 2 heterocycles. The van der Waals surface area contributed by atoms with Crippen molar-refractivity contribution in [2.24, 2.45) is 5.41 Å². The molecule has 1 saturated heterocycles. The van der Waals surface area contributed by atoms with Gasteiger partial charge < -0.3 is 14.5 Å². The molecule has 6 heteroatoms. The van der Waals surface area contributed by atoms with Gasteiger partial charge in [-0.1, -0.05) is 39.0 Å². The molecule has 0 N–H and O–H groups in total. The second kappa shape index (κ2) is 7.32. The van der Waals surface area contributed by atoms with Crippen LogP contribution in [0.1, 0.15) is 26.6 Å². The molecule has 0 atom stereocenters. The van der Waals surface area contributed by atoms with Crippen LogP contribution in [0.15, 0.2) is 36.4 Å². The highest BCUT2D eigenvalue weighted by molar-refractivity contribution is 5.81. The number of ether oxygens (including phenoxy) is 1. The number of aryl methyl sites for hydroxylation is 1. The van der Waals surface area contributed by atoms with E-state index in [2.05, 4.69) is 14.9 Å². The first kappa shape index (κ1) is 18.2. The number of aromatic nitrogens is 2. The second-order valence-corrected chi connectivity index (χ2v) is 7.56.